The molecule has 1 aliphatic heterocycles. The minimum absolute atomic E-state index is 0.0313. The molecule has 2 amide bonds. The van der Waals surface area contributed by atoms with Crippen LogP contribution in [0.15, 0.2) is 42.6 Å². The maximum Gasteiger partial charge on any atom is 0.249 e. The fraction of sp³-hybridized carbons (Fsp3) is 0.435. The molecule has 0 unspecified atom stereocenters. The van der Waals surface area contributed by atoms with Crippen molar-refractivity contribution >= 4 is 23.3 Å². The zero-order valence-corrected chi connectivity index (χ0v) is 16.9. The zero-order chi connectivity index (χ0) is 20.5. The molecule has 2 aromatic rings. The van der Waals surface area contributed by atoms with Crippen LogP contribution in [0.4, 0.5) is 5.69 Å². The Morgan fingerprint density at radius 1 is 1.03 bits per heavy atom. The van der Waals surface area contributed by atoms with Crippen molar-refractivity contribution in [1.29, 1.82) is 0 Å². The Morgan fingerprint density at radius 2 is 1.72 bits per heavy atom. The largest absolute Gasteiger partial charge is 0.351 e. The average Bonchev–Trinajstić information content (AvgIpc) is 3.16. The van der Waals surface area contributed by atoms with Gasteiger partial charge in [-0.05, 0) is 74.9 Å². The predicted octanol–water partition coefficient (Wildman–Crippen LogP) is 3.47. The minimum Gasteiger partial charge on any atom is -0.351 e. The van der Waals surface area contributed by atoms with E-state index in [2.05, 4.69) is 12.2 Å². The summed E-state index contributed by atoms with van der Waals surface area (Å²) in [5.41, 5.74) is 2.02. The van der Waals surface area contributed by atoms with E-state index in [0.717, 1.165) is 31.4 Å². The Balaban J connectivity index is 1.64. The summed E-state index contributed by atoms with van der Waals surface area (Å²) in [5, 5.41) is 3.19. The highest BCUT2D eigenvalue weighted by atomic mass is 16.2. The van der Waals surface area contributed by atoms with Crippen LogP contribution in [-0.4, -0.2) is 28.2 Å². The normalized spacial score (nSPS) is 24.1. The monoisotopic (exact) mass is 393 g/mol. The summed E-state index contributed by atoms with van der Waals surface area (Å²) in [4.78, 5) is 39.5. The summed E-state index contributed by atoms with van der Waals surface area (Å²) in [6, 6.07) is 10.1. The Bertz CT molecular complexity index is 923. The number of fused-ring (bicyclic) bond motifs is 1. The van der Waals surface area contributed by atoms with Crippen molar-refractivity contribution in [3.05, 3.63) is 53.9 Å². The smallest absolute Gasteiger partial charge is 0.249 e. The maximum atomic E-state index is 13.3. The molecular weight excluding hydrogens is 366 g/mol. The summed E-state index contributed by atoms with van der Waals surface area (Å²) < 4.78 is 1.84. The van der Waals surface area contributed by atoms with E-state index in [0.29, 0.717) is 17.2 Å². The number of rotatable bonds is 4. The van der Waals surface area contributed by atoms with E-state index in [1.54, 1.807) is 29.2 Å². The number of carbonyl (C=O) groups is 3. The molecule has 1 aromatic heterocycles. The third kappa shape index (κ3) is 3.84. The molecule has 1 saturated carbocycles. The number of benzene rings is 1. The van der Waals surface area contributed by atoms with Crippen LogP contribution in [0.2, 0.25) is 0 Å². The van der Waals surface area contributed by atoms with Gasteiger partial charge < -0.3 is 9.88 Å². The fourth-order valence-corrected chi connectivity index (χ4v) is 4.40. The number of aromatic nitrogens is 1. The van der Waals surface area contributed by atoms with E-state index < -0.39 is 6.04 Å². The summed E-state index contributed by atoms with van der Waals surface area (Å²) >= 11 is 0. The highest BCUT2D eigenvalue weighted by Gasteiger charge is 2.39. The Kier molecular flexibility index (Phi) is 5.26. The molecule has 0 spiro atoms. The second kappa shape index (κ2) is 7.85. The summed E-state index contributed by atoms with van der Waals surface area (Å²) in [6.07, 6.45) is 6.01. The number of nitrogens with zero attached hydrogens (tertiary/aromatic N) is 2. The van der Waals surface area contributed by atoms with Crippen LogP contribution in [0.25, 0.3) is 0 Å². The number of Topliss-reactive ketones (excluding diaryl/α,β-unsaturated/α-hetero) is 1. The van der Waals surface area contributed by atoms with Gasteiger partial charge in [0.1, 0.15) is 6.54 Å². The van der Waals surface area contributed by atoms with E-state index in [-0.39, 0.29) is 30.2 Å². The van der Waals surface area contributed by atoms with Crippen molar-refractivity contribution in [2.45, 2.75) is 58.2 Å². The summed E-state index contributed by atoms with van der Waals surface area (Å²) in [5.74, 6) is 0.388. The lowest BCUT2D eigenvalue weighted by Gasteiger charge is -2.37. The maximum absolute atomic E-state index is 13.3. The molecule has 1 atom stereocenters. The third-order valence-electron chi connectivity index (χ3n) is 6.14. The van der Waals surface area contributed by atoms with Crippen LogP contribution in [0.5, 0.6) is 0 Å². The molecule has 1 N–H and O–H groups in total. The quantitative estimate of drug-likeness (QED) is 0.809. The van der Waals surface area contributed by atoms with Gasteiger partial charge in [-0.25, -0.2) is 0 Å². The fourth-order valence-electron chi connectivity index (χ4n) is 4.40. The highest BCUT2D eigenvalue weighted by Crippen LogP contribution is 2.33. The van der Waals surface area contributed by atoms with Gasteiger partial charge >= 0.3 is 0 Å². The van der Waals surface area contributed by atoms with Crippen molar-refractivity contribution in [2.75, 3.05) is 4.90 Å². The van der Waals surface area contributed by atoms with Crippen molar-refractivity contribution in [1.82, 2.24) is 9.88 Å². The molecule has 0 bridgehead atoms. The first-order chi connectivity index (χ1) is 13.9. The Hall–Kier alpha value is -2.89. The molecule has 6 heteroatoms. The Morgan fingerprint density at radius 3 is 2.38 bits per heavy atom. The van der Waals surface area contributed by atoms with Gasteiger partial charge in [-0.15, -0.1) is 0 Å². The number of amides is 2. The molecule has 2 heterocycles. The van der Waals surface area contributed by atoms with Crippen LogP contribution in [0.3, 0.4) is 0 Å². The second-order valence-corrected chi connectivity index (χ2v) is 8.30. The first-order valence-corrected chi connectivity index (χ1v) is 10.3. The number of anilines is 1. The first-order valence-electron chi connectivity index (χ1n) is 10.3. The van der Waals surface area contributed by atoms with Crippen molar-refractivity contribution in [3.8, 4) is 0 Å². The molecule has 1 aromatic carbocycles. The lowest BCUT2D eigenvalue weighted by molar-refractivity contribution is -0.128. The highest BCUT2D eigenvalue weighted by molar-refractivity contribution is 6.03. The number of nitrogens with one attached hydrogen (secondary N) is 1. The van der Waals surface area contributed by atoms with Crippen LogP contribution < -0.4 is 10.2 Å². The molecule has 152 valence electrons. The number of hydrogen-bond acceptors (Lipinski definition) is 3. The van der Waals surface area contributed by atoms with E-state index in [1.807, 2.05) is 22.9 Å². The van der Waals surface area contributed by atoms with Gasteiger partial charge in [0.15, 0.2) is 11.8 Å². The molecule has 1 aliphatic carbocycles. The topological polar surface area (TPSA) is 71.4 Å². The lowest BCUT2D eigenvalue weighted by atomic mass is 9.87. The second-order valence-electron chi connectivity index (χ2n) is 8.30. The van der Waals surface area contributed by atoms with Gasteiger partial charge in [0.25, 0.3) is 0 Å². The van der Waals surface area contributed by atoms with Gasteiger partial charge in [-0.1, -0.05) is 6.92 Å². The van der Waals surface area contributed by atoms with E-state index in [9.17, 15) is 14.4 Å². The number of hydrogen-bond donors (Lipinski definition) is 1. The van der Waals surface area contributed by atoms with E-state index >= 15 is 0 Å². The predicted molar refractivity (Wildman–Crippen MR) is 111 cm³/mol. The van der Waals surface area contributed by atoms with Crippen LogP contribution in [0.1, 0.15) is 61.6 Å². The molecule has 1 fully saturated rings. The molecule has 0 radical (unpaired) electrons. The van der Waals surface area contributed by atoms with Crippen LogP contribution in [0, 0.1) is 5.92 Å². The molecule has 6 nitrogen and oxygen atoms in total. The SMILES string of the molecule is CC(=O)c1ccc(N2C(=O)Cn3cccc3[C@@H]2C(=O)NC2CCC(C)CC2)cc1. The average molecular weight is 393 g/mol. The molecule has 29 heavy (non-hydrogen) atoms. The molecular formula is C23H27N3O3. The van der Waals surface area contributed by atoms with E-state index in [4.69, 9.17) is 0 Å². The van der Waals surface area contributed by atoms with Crippen molar-refractivity contribution in [2.24, 2.45) is 5.92 Å². The summed E-state index contributed by atoms with van der Waals surface area (Å²) in [7, 11) is 0. The van der Waals surface area contributed by atoms with Gasteiger partial charge in [0.05, 0.1) is 5.69 Å². The van der Waals surface area contributed by atoms with Crippen molar-refractivity contribution < 1.29 is 14.4 Å². The van der Waals surface area contributed by atoms with Gasteiger partial charge in [-0.3, -0.25) is 19.3 Å². The van der Waals surface area contributed by atoms with Crippen LogP contribution >= 0.6 is 0 Å². The lowest BCUT2D eigenvalue weighted by Crippen LogP contribution is -2.51. The zero-order valence-electron chi connectivity index (χ0n) is 16.9. The van der Waals surface area contributed by atoms with E-state index in [1.165, 1.54) is 6.92 Å². The minimum atomic E-state index is -0.714. The summed E-state index contributed by atoms with van der Waals surface area (Å²) in [6.45, 7) is 3.95. The first kappa shape index (κ1) is 19.4. The van der Waals surface area contributed by atoms with Gasteiger partial charge in [-0.2, -0.15) is 0 Å². The molecule has 2 aliphatic rings. The van der Waals surface area contributed by atoms with Crippen molar-refractivity contribution in [3.63, 3.8) is 0 Å². The van der Waals surface area contributed by atoms with Crippen LogP contribution in [-0.2, 0) is 16.1 Å². The molecule has 4 rings (SSSR count). The number of ketones is 1. The number of carbonyl (C=O) groups excluding carboxylic acids is 3. The van der Waals surface area contributed by atoms with Gasteiger partial charge in [0.2, 0.25) is 11.8 Å². The van der Waals surface area contributed by atoms with Gasteiger partial charge in [0, 0.05) is 23.5 Å². The Labute approximate surface area is 170 Å². The molecule has 0 saturated heterocycles. The third-order valence-corrected chi connectivity index (χ3v) is 6.14. The standard InChI is InChI=1S/C23H27N3O3/c1-15-5-9-18(10-6-15)24-23(29)22-20-4-3-13-25(20)14-21(28)26(22)19-11-7-17(8-12-19)16(2)27/h3-4,7-8,11-13,15,18,22H,5-6,9-10,14H2,1-2H3,(H,24,29)/t15?,18?,22-/m1/s1.